The molecule has 0 bridgehead atoms. The summed E-state index contributed by atoms with van der Waals surface area (Å²) in [6.45, 7) is 6.05. The van der Waals surface area contributed by atoms with Gasteiger partial charge in [0.2, 0.25) is 0 Å². The van der Waals surface area contributed by atoms with Crippen molar-refractivity contribution in [2.75, 3.05) is 26.4 Å². The Kier molecular flexibility index (Phi) is 11.4. The van der Waals surface area contributed by atoms with Gasteiger partial charge < -0.3 is 19.1 Å². The van der Waals surface area contributed by atoms with Crippen LogP contribution in [-0.2, 0) is 20.9 Å². The summed E-state index contributed by atoms with van der Waals surface area (Å²) < 4.78 is 99.5. The third-order valence-electron chi connectivity index (χ3n) is 8.38. The third kappa shape index (κ3) is 9.22. The first-order valence-electron chi connectivity index (χ1n) is 15.1. The van der Waals surface area contributed by atoms with Crippen LogP contribution in [0.15, 0.2) is 24.4 Å². The molecule has 7 nitrogen and oxygen atoms in total. The average molecular weight is 650 g/mol. The fraction of sp³-hybridized carbons (Fsp3) is 0.667. The molecule has 0 radical (unpaired) electrons. The van der Waals surface area contributed by atoms with Crippen molar-refractivity contribution in [3.63, 3.8) is 0 Å². The lowest BCUT2D eigenvalue weighted by Crippen LogP contribution is -2.51. The topological polar surface area (TPSA) is 65.8 Å². The van der Waals surface area contributed by atoms with E-state index in [1.165, 1.54) is 4.90 Å². The number of hydrogen-bond donors (Lipinski definition) is 0. The summed E-state index contributed by atoms with van der Waals surface area (Å²) >= 11 is 0. The number of carbonyl (C=O) groups is 1. The molecule has 2 heterocycles. The van der Waals surface area contributed by atoms with E-state index in [4.69, 9.17) is 9.47 Å². The number of likely N-dealkylation sites (tertiary alicyclic amines) is 1. The van der Waals surface area contributed by atoms with Crippen LogP contribution in [-0.4, -0.2) is 73.5 Å². The molecule has 246 valence electrons. The van der Waals surface area contributed by atoms with Gasteiger partial charge in [-0.15, -0.1) is 0 Å². The van der Waals surface area contributed by atoms with E-state index in [2.05, 4.69) is 29.5 Å². The number of hydrogen-bond acceptors (Lipinski definition) is 5. The van der Waals surface area contributed by atoms with Crippen LogP contribution in [0.4, 0.5) is 31.1 Å². The minimum atomic E-state index is -4.66. The van der Waals surface area contributed by atoms with Crippen molar-refractivity contribution in [1.82, 2.24) is 14.7 Å². The van der Waals surface area contributed by atoms with E-state index >= 15 is 0 Å². The summed E-state index contributed by atoms with van der Waals surface area (Å²) in [7, 11) is -1.30. The highest BCUT2D eigenvalue weighted by Gasteiger charge is 2.40. The number of rotatable bonds is 11. The van der Waals surface area contributed by atoms with Gasteiger partial charge in [0.15, 0.2) is 18.2 Å². The van der Waals surface area contributed by atoms with Crippen LogP contribution in [0.1, 0.15) is 61.6 Å². The van der Waals surface area contributed by atoms with Gasteiger partial charge in [0.25, 0.3) is 0 Å². The molecule has 1 aromatic heterocycles. The molecule has 4 rings (SSSR count). The zero-order valence-electron chi connectivity index (χ0n) is 25.3. The molecule has 1 amide bonds. The van der Waals surface area contributed by atoms with E-state index < -0.39 is 56.4 Å². The molecule has 2 atom stereocenters. The van der Waals surface area contributed by atoms with Crippen molar-refractivity contribution in [3.8, 4) is 0 Å². The highest BCUT2D eigenvalue weighted by molar-refractivity contribution is 6.76. The quantitative estimate of drug-likeness (QED) is 0.109. The summed E-state index contributed by atoms with van der Waals surface area (Å²) in [5.74, 6) is -3.86. The van der Waals surface area contributed by atoms with E-state index in [1.807, 2.05) is 6.07 Å². The average Bonchev–Trinajstić information content (AvgIpc) is 3.43. The Labute approximate surface area is 254 Å². The molecule has 1 saturated carbocycles. The first-order valence-corrected chi connectivity index (χ1v) is 18.8. The molecule has 44 heavy (non-hydrogen) atoms. The number of ether oxygens (including phenoxy) is 3. The Morgan fingerprint density at radius 3 is 2.41 bits per heavy atom. The Hall–Kier alpha value is -2.58. The largest absolute Gasteiger partial charge is 0.440 e. The second-order valence-corrected chi connectivity index (χ2v) is 18.5. The first kappa shape index (κ1) is 34.3. The predicted molar refractivity (Wildman–Crippen MR) is 153 cm³/mol. The van der Waals surface area contributed by atoms with Crippen molar-refractivity contribution in [2.45, 2.75) is 101 Å². The van der Waals surface area contributed by atoms with Gasteiger partial charge in [0.05, 0.1) is 18.8 Å². The summed E-state index contributed by atoms with van der Waals surface area (Å²) in [4.78, 5) is 14.2. The normalized spacial score (nSPS) is 23.2. The molecule has 1 aliphatic heterocycles. The lowest BCUT2D eigenvalue weighted by molar-refractivity contribution is -0.163. The fourth-order valence-corrected chi connectivity index (χ4v) is 6.78. The molecule has 0 spiro atoms. The number of halogens is 6. The van der Waals surface area contributed by atoms with E-state index in [-0.39, 0.29) is 37.5 Å². The molecule has 0 N–H and O–H groups in total. The van der Waals surface area contributed by atoms with Gasteiger partial charge in [-0.25, -0.2) is 22.6 Å². The van der Waals surface area contributed by atoms with Crippen LogP contribution in [0.5, 0.6) is 0 Å². The van der Waals surface area contributed by atoms with Crippen molar-refractivity contribution >= 4 is 14.2 Å². The summed E-state index contributed by atoms with van der Waals surface area (Å²) in [6.07, 6.45) is -1.61. The Balaban J connectivity index is 1.45. The second kappa shape index (κ2) is 14.7. The van der Waals surface area contributed by atoms with E-state index in [9.17, 15) is 31.1 Å². The number of benzene rings is 1. The molecular formula is C30H41F6N3O4Si. The molecule has 1 aliphatic carbocycles. The van der Waals surface area contributed by atoms with Crippen LogP contribution in [0.2, 0.25) is 25.7 Å². The van der Waals surface area contributed by atoms with Gasteiger partial charge in [-0.1, -0.05) is 19.6 Å². The number of amides is 1. The molecule has 14 heteroatoms. The first-order chi connectivity index (χ1) is 20.7. The number of piperidine rings is 1. The van der Waals surface area contributed by atoms with Gasteiger partial charge in [-0.2, -0.15) is 18.3 Å². The van der Waals surface area contributed by atoms with Crippen LogP contribution in [0.3, 0.4) is 0 Å². The second-order valence-electron chi connectivity index (χ2n) is 12.8. The lowest BCUT2D eigenvalue weighted by atomic mass is 9.82. The third-order valence-corrected chi connectivity index (χ3v) is 10.1. The zero-order chi connectivity index (χ0) is 32.1. The van der Waals surface area contributed by atoms with E-state index in [0.29, 0.717) is 45.1 Å². The number of nitrogens with zero attached hydrogens (tertiary/aromatic N) is 3. The van der Waals surface area contributed by atoms with Crippen molar-refractivity contribution in [3.05, 3.63) is 53.1 Å². The zero-order valence-corrected chi connectivity index (χ0v) is 26.3. The summed E-state index contributed by atoms with van der Waals surface area (Å²) in [5, 5.41) is 4.40. The Morgan fingerprint density at radius 1 is 1.02 bits per heavy atom. The van der Waals surface area contributed by atoms with Crippen molar-refractivity contribution in [1.29, 1.82) is 0 Å². The SMILES string of the molecule is C[Si](C)(C)CCOCn1nccc1C1CCCN(C(=O)OCC(F)(F)F)C1COC1CCC(c2c(F)ccc(F)c2F)CC1. The van der Waals surface area contributed by atoms with Gasteiger partial charge in [0.1, 0.15) is 12.5 Å². The van der Waals surface area contributed by atoms with Gasteiger partial charge >= 0.3 is 12.3 Å². The Bertz CT molecular complexity index is 1250. The van der Waals surface area contributed by atoms with Gasteiger partial charge in [-0.3, -0.25) is 0 Å². The highest BCUT2D eigenvalue weighted by atomic mass is 28.3. The maximum atomic E-state index is 14.4. The van der Waals surface area contributed by atoms with Crippen LogP contribution in [0, 0.1) is 17.5 Å². The number of aromatic nitrogens is 2. The maximum Gasteiger partial charge on any atom is 0.422 e. The van der Waals surface area contributed by atoms with E-state index in [0.717, 1.165) is 23.9 Å². The molecule has 2 aromatic rings. The fourth-order valence-electron chi connectivity index (χ4n) is 6.03. The predicted octanol–water partition coefficient (Wildman–Crippen LogP) is 7.60. The van der Waals surface area contributed by atoms with Crippen LogP contribution >= 0.6 is 0 Å². The minimum absolute atomic E-state index is 0.0193. The lowest BCUT2D eigenvalue weighted by Gasteiger charge is -2.41. The summed E-state index contributed by atoms with van der Waals surface area (Å²) in [6, 6.07) is 3.84. The highest BCUT2D eigenvalue weighted by Crippen LogP contribution is 2.39. The van der Waals surface area contributed by atoms with Gasteiger partial charge in [-0.05, 0) is 68.7 Å². The minimum Gasteiger partial charge on any atom is -0.440 e. The van der Waals surface area contributed by atoms with Crippen molar-refractivity contribution < 1.29 is 45.3 Å². The van der Waals surface area contributed by atoms with E-state index in [1.54, 1.807) is 10.9 Å². The number of alkyl halides is 3. The molecule has 2 fully saturated rings. The Morgan fingerprint density at radius 2 is 1.73 bits per heavy atom. The van der Waals surface area contributed by atoms with Crippen molar-refractivity contribution in [2.24, 2.45) is 0 Å². The molecule has 2 aliphatic rings. The molecule has 1 aromatic carbocycles. The molecule has 2 unspecified atom stereocenters. The summed E-state index contributed by atoms with van der Waals surface area (Å²) in [5.41, 5.74) is 0.524. The van der Waals surface area contributed by atoms with Crippen LogP contribution in [0.25, 0.3) is 0 Å². The maximum absolute atomic E-state index is 14.4. The molecule has 1 saturated heterocycles. The number of carbonyl (C=O) groups excluding carboxylic acids is 1. The standard InChI is InChI=1S/C30H41F6N3O4Si/c1-44(2,3)16-15-41-19-39-25(12-13-37-39)22-5-4-14-38(29(40)43-18-30(34,35)36)26(22)17-42-21-8-6-20(7-9-21)27-23(31)10-11-24(32)28(27)33/h10-13,20-22,26H,4-9,14-19H2,1-3H3. The monoisotopic (exact) mass is 649 g/mol. The smallest absolute Gasteiger partial charge is 0.422 e. The van der Waals surface area contributed by atoms with Crippen LogP contribution < -0.4 is 0 Å². The molecular weight excluding hydrogens is 608 g/mol. The van der Waals surface area contributed by atoms with Gasteiger partial charge in [0, 0.05) is 44.6 Å².